The SMILES string of the molecule is Cc1cc(I)ccc1NC(=O)[C@@H]1CSCN1C(=O)c1ccccc1. The molecule has 1 N–H and O–H groups in total. The number of benzene rings is 2. The first-order chi connectivity index (χ1) is 11.6. The minimum absolute atomic E-state index is 0.0971. The van der Waals surface area contributed by atoms with Crippen molar-refractivity contribution in [3.8, 4) is 0 Å². The van der Waals surface area contributed by atoms with Crippen LogP contribution in [0.15, 0.2) is 48.5 Å². The van der Waals surface area contributed by atoms with Crippen LogP contribution in [0.5, 0.6) is 0 Å². The molecule has 24 heavy (non-hydrogen) atoms. The fraction of sp³-hybridized carbons (Fsp3) is 0.222. The summed E-state index contributed by atoms with van der Waals surface area (Å²) in [6, 6.07) is 14.5. The van der Waals surface area contributed by atoms with Crippen molar-refractivity contribution in [1.29, 1.82) is 0 Å². The molecule has 1 saturated heterocycles. The Morgan fingerprint density at radius 1 is 1.21 bits per heavy atom. The Morgan fingerprint density at radius 3 is 2.67 bits per heavy atom. The number of carbonyl (C=O) groups is 2. The van der Waals surface area contributed by atoms with E-state index in [0.29, 0.717) is 17.2 Å². The number of carbonyl (C=O) groups excluding carboxylic acids is 2. The molecule has 1 fully saturated rings. The maximum atomic E-state index is 12.7. The molecule has 1 aliphatic rings. The molecular formula is C18H17IN2O2S. The smallest absolute Gasteiger partial charge is 0.255 e. The van der Waals surface area contributed by atoms with Gasteiger partial charge in [0, 0.05) is 20.6 Å². The second-order valence-corrected chi connectivity index (χ2v) is 7.85. The Balaban J connectivity index is 1.75. The molecule has 0 aliphatic carbocycles. The molecule has 1 aliphatic heterocycles. The van der Waals surface area contributed by atoms with E-state index >= 15 is 0 Å². The monoisotopic (exact) mass is 452 g/mol. The summed E-state index contributed by atoms with van der Waals surface area (Å²) in [6.45, 7) is 1.97. The Hall–Kier alpha value is -1.54. The summed E-state index contributed by atoms with van der Waals surface area (Å²) in [5, 5.41) is 2.97. The highest BCUT2D eigenvalue weighted by Crippen LogP contribution is 2.25. The van der Waals surface area contributed by atoms with Crippen molar-refractivity contribution < 1.29 is 9.59 Å². The predicted molar refractivity (Wildman–Crippen MR) is 106 cm³/mol. The number of hydrogen-bond acceptors (Lipinski definition) is 3. The molecule has 2 amide bonds. The molecule has 0 aromatic heterocycles. The molecule has 0 spiro atoms. The maximum absolute atomic E-state index is 12.7. The van der Waals surface area contributed by atoms with E-state index in [-0.39, 0.29) is 11.8 Å². The van der Waals surface area contributed by atoms with Crippen LogP contribution < -0.4 is 5.32 Å². The summed E-state index contributed by atoms with van der Waals surface area (Å²) in [5.74, 6) is 0.930. The largest absolute Gasteiger partial charge is 0.324 e. The van der Waals surface area contributed by atoms with E-state index in [4.69, 9.17) is 0 Å². The van der Waals surface area contributed by atoms with Crippen LogP contribution in [-0.2, 0) is 4.79 Å². The Kier molecular flexibility index (Phi) is 5.45. The molecule has 2 aromatic rings. The minimum Gasteiger partial charge on any atom is -0.324 e. The molecule has 0 bridgehead atoms. The Labute approximate surface area is 159 Å². The number of thioether (sulfide) groups is 1. The highest BCUT2D eigenvalue weighted by atomic mass is 127. The second kappa shape index (κ2) is 7.57. The van der Waals surface area contributed by atoms with Gasteiger partial charge in [0.2, 0.25) is 5.91 Å². The van der Waals surface area contributed by atoms with Crippen molar-refractivity contribution in [2.45, 2.75) is 13.0 Å². The topological polar surface area (TPSA) is 49.4 Å². The van der Waals surface area contributed by atoms with E-state index in [1.165, 1.54) is 0 Å². The molecule has 4 nitrogen and oxygen atoms in total. The molecule has 6 heteroatoms. The van der Waals surface area contributed by atoms with Gasteiger partial charge in [0.1, 0.15) is 6.04 Å². The highest BCUT2D eigenvalue weighted by Gasteiger charge is 2.35. The molecule has 3 rings (SSSR count). The van der Waals surface area contributed by atoms with Crippen LogP contribution in [0.3, 0.4) is 0 Å². The molecule has 1 heterocycles. The Morgan fingerprint density at radius 2 is 1.96 bits per heavy atom. The first kappa shape index (κ1) is 17.3. The van der Waals surface area contributed by atoms with Crippen molar-refractivity contribution in [3.63, 3.8) is 0 Å². The lowest BCUT2D eigenvalue weighted by molar-refractivity contribution is -0.119. The molecule has 0 radical (unpaired) electrons. The van der Waals surface area contributed by atoms with Crippen molar-refractivity contribution in [1.82, 2.24) is 4.90 Å². The van der Waals surface area contributed by atoms with Gasteiger partial charge in [-0.05, 0) is 65.4 Å². The molecule has 124 valence electrons. The van der Waals surface area contributed by atoms with Crippen LogP contribution in [0.1, 0.15) is 15.9 Å². The van der Waals surface area contributed by atoms with Crippen molar-refractivity contribution in [2.24, 2.45) is 0 Å². The third-order valence-corrected chi connectivity index (χ3v) is 5.60. The molecule has 0 unspecified atom stereocenters. The summed E-state index contributed by atoms with van der Waals surface area (Å²) in [5.41, 5.74) is 2.43. The maximum Gasteiger partial charge on any atom is 0.255 e. The van der Waals surface area contributed by atoms with Crippen molar-refractivity contribution in [3.05, 3.63) is 63.2 Å². The second-order valence-electron chi connectivity index (χ2n) is 5.61. The number of hydrogen-bond donors (Lipinski definition) is 1. The Bertz CT molecular complexity index is 767. The zero-order valence-corrected chi connectivity index (χ0v) is 16.1. The van der Waals surface area contributed by atoms with E-state index in [1.807, 2.05) is 43.3 Å². The summed E-state index contributed by atoms with van der Waals surface area (Å²) >= 11 is 3.85. The van der Waals surface area contributed by atoms with Gasteiger partial charge in [0.15, 0.2) is 0 Å². The van der Waals surface area contributed by atoms with E-state index in [0.717, 1.165) is 14.8 Å². The third kappa shape index (κ3) is 3.75. The standard InChI is InChI=1S/C18H17IN2O2S/c1-12-9-14(19)7-8-15(12)20-17(22)16-10-24-11-21(16)18(23)13-5-3-2-4-6-13/h2-9,16H,10-11H2,1H3,(H,20,22)/t16-/m0/s1. The van der Waals surface area contributed by atoms with Gasteiger partial charge in [-0.25, -0.2) is 0 Å². The summed E-state index contributed by atoms with van der Waals surface area (Å²) in [7, 11) is 0. The fourth-order valence-electron chi connectivity index (χ4n) is 2.59. The van der Waals surface area contributed by atoms with Crippen LogP contribution in [0, 0.1) is 10.5 Å². The minimum atomic E-state index is -0.443. The fourth-order valence-corrected chi connectivity index (χ4v) is 4.39. The zero-order valence-electron chi connectivity index (χ0n) is 13.2. The zero-order chi connectivity index (χ0) is 17.1. The highest BCUT2D eigenvalue weighted by molar-refractivity contribution is 14.1. The molecular weight excluding hydrogens is 435 g/mol. The van der Waals surface area contributed by atoms with Crippen LogP contribution in [0.2, 0.25) is 0 Å². The van der Waals surface area contributed by atoms with E-state index in [9.17, 15) is 9.59 Å². The summed E-state index contributed by atoms with van der Waals surface area (Å²) < 4.78 is 1.13. The van der Waals surface area contributed by atoms with Crippen LogP contribution in [-0.4, -0.2) is 34.4 Å². The van der Waals surface area contributed by atoms with Gasteiger partial charge >= 0.3 is 0 Å². The third-order valence-electron chi connectivity index (χ3n) is 3.91. The van der Waals surface area contributed by atoms with Gasteiger partial charge in [-0.3, -0.25) is 9.59 Å². The number of rotatable bonds is 3. The molecule has 2 aromatic carbocycles. The summed E-state index contributed by atoms with van der Waals surface area (Å²) in [6.07, 6.45) is 0. The van der Waals surface area contributed by atoms with Gasteiger partial charge < -0.3 is 10.2 Å². The first-order valence-corrected chi connectivity index (χ1v) is 9.80. The van der Waals surface area contributed by atoms with Gasteiger partial charge in [0.05, 0.1) is 5.88 Å². The quantitative estimate of drug-likeness (QED) is 0.722. The average molecular weight is 452 g/mol. The number of amides is 2. The van der Waals surface area contributed by atoms with Crippen molar-refractivity contribution >= 4 is 51.9 Å². The average Bonchev–Trinajstić information content (AvgIpc) is 3.07. The number of halogens is 1. The number of aryl methyl sites for hydroxylation is 1. The number of nitrogens with one attached hydrogen (secondary N) is 1. The van der Waals surface area contributed by atoms with E-state index < -0.39 is 6.04 Å². The molecule has 1 atom stereocenters. The predicted octanol–water partition coefficient (Wildman–Crippen LogP) is 3.75. The van der Waals surface area contributed by atoms with Gasteiger partial charge in [0.25, 0.3) is 5.91 Å². The summed E-state index contributed by atoms with van der Waals surface area (Å²) in [4.78, 5) is 27.0. The lowest BCUT2D eigenvalue weighted by Gasteiger charge is -2.23. The molecule has 0 saturated carbocycles. The van der Waals surface area contributed by atoms with Crippen LogP contribution in [0.25, 0.3) is 0 Å². The van der Waals surface area contributed by atoms with Crippen molar-refractivity contribution in [2.75, 3.05) is 16.9 Å². The first-order valence-electron chi connectivity index (χ1n) is 7.57. The van der Waals surface area contributed by atoms with Gasteiger partial charge in [-0.1, -0.05) is 18.2 Å². The lowest BCUT2D eigenvalue weighted by Crippen LogP contribution is -2.44. The van der Waals surface area contributed by atoms with Gasteiger partial charge in [-0.2, -0.15) is 0 Å². The normalized spacial score (nSPS) is 16.9. The van der Waals surface area contributed by atoms with Crippen LogP contribution >= 0.6 is 34.4 Å². The number of anilines is 1. The van der Waals surface area contributed by atoms with Crippen LogP contribution in [0.4, 0.5) is 5.69 Å². The number of nitrogens with zero attached hydrogens (tertiary/aromatic N) is 1. The lowest BCUT2D eigenvalue weighted by atomic mass is 10.1. The van der Waals surface area contributed by atoms with E-state index in [2.05, 4.69) is 27.9 Å². The van der Waals surface area contributed by atoms with E-state index in [1.54, 1.807) is 28.8 Å². The van der Waals surface area contributed by atoms with Gasteiger partial charge in [-0.15, -0.1) is 11.8 Å².